The largest absolute Gasteiger partial charge is 0.419 e. The number of carbonyl (C=O) groups excluding carboxylic acids is 1. The number of hydrogen-bond acceptors (Lipinski definition) is 5. The average molecular weight is 506 g/mol. The van der Waals surface area contributed by atoms with E-state index in [-0.39, 0.29) is 34.5 Å². The molecule has 170 valence electrons. The van der Waals surface area contributed by atoms with Crippen LogP contribution in [0.2, 0.25) is 10.0 Å². The van der Waals surface area contributed by atoms with E-state index in [1.165, 1.54) is 47.0 Å². The summed E-state index contributed by atoms with van der Waals surface area (Å²) in [5.41, 5.74) is 1.75. The first-order valence-corrected chi connectivity index (χ1v) is 11.9. The van der Waals surface area contributed by atoms with Gasteiger partial charge in [0.1, 0.15) is 0 Å². The molecule has 33 heavy (non-hydrogen) atoms. The highest BCUT2D eigenvalue weighted by molar-refractivity contribution is 7.92. The number of para-hydroxylation sites is 2. The van der Waals surface area contributed by atoms with Crippen LogP contribution < -0.4 is 15.8 Å². The smallest absolute Gasteiger partial charge is 0.408 e. The van der Waals surface area contributed by atoms with Gasteiger partial charge < -0.3 is 9.73 Å². The summed E-state index contributed by atoms with van der Waals surface area (Å²) in [6, 6.07) is 17.0. The molecule has 1 heterocycles. The first-order valence-electron chi connectivity index (χ1n) is 9.69. The number of rotatable bonds is 7. The molecule has 0 saturated carbocycles. The summed E-state index contributed by atoms with van der Waals surface area (Å²) in [7, 11) is -3.87. The Kier molecular flexibility index (Phi) is 6.46. The molecule has 0 aliphatic rings. The fourth-order valence-electron chi connectivity index (χ4n) is 3.15. The number of aryl methyl sites for hydroxylation is 1. The summed E-state index contributed by atoms with van der Waals surface area (Å²) < 4.78 is 34.1. The van der Waals surface area contributed by atoms with Crippen LogP contribution >= 0.6 is 23.2 Å². The number of nitrogens with zero attached hydrogens (tertiary/aromatic N) is 1. The van der Waals surface area contributed by atoms with E-state index in [0.29, 0.717) is 21.8 Å². The van der Waals surface area contributed by atoms with Gasteiger partial charge in [-0.1, -0.05) is 35.3 Å². The van der Waals surface area contributed by atoms with Crippen LogP contribution in [0.4, 0.5) is 11.4 Å². The first kappa shape index (κ1) is 22.9. The van der Waals surface area contributed by atoms with Gasteiger partial charge in [-0.2, -0.15) is 0 Å². The van der Waals surface area contributed by atoms with E-state index in [9.17, 15) is 18.0 Å². The number of hydrogen-bond donors (Lipinski definition) is 2. The molecular formula is C22H17Cl2N3O5S. The van der Waals surface area contributed by atoms with Crippen LogP contribution in [-0.2, 0) is 21.4 Å². The zero-order valence-corrected chi connectivity index (χ0v) is 19.2. The Bertz CT molecular complexity index is 1490. The molecule has 1 aromatic heterocycles. The van der Waals surface area contributed by atoms with Gasteiger partial charge in [0.2, 0.25) is 5.91 Å². The van der Waals surface area contributed by atoms with E-state index < -0.39 is 15.8 Å². The van der Waals surface area contributed by atoms with Gasteiger partial charge in [-0.05, 0) is 54.6 Å². The van der Waals surface area contributed by atoms with Gasteiger partial charge in [-0.25, -0.2) is 13.2 Å². The third-order valence-electron chi connectivity index (χ3n) is 4.76. The zero-order chi connectivity index (χ0) is 23.6. The van der Waals surface area contributed by atoms with E-state index >= 15 is 0 Å². The van der Waals surface area contributed by atoms with Crippen LogP contribution in [0, 0.1) is 0 Å². The highest BCUT2D eigenvalue weighted by Crippen LogP contribution is 2.26. The molecule has 8 nitrogen and oxygen atoms in total. The molecule has 0 aliphatic heterocycles. The van der Waals surface area contributed by atoms with E-state index in [4.69, 9.17) is 27.6 Å². The van der Waals surface area contributed by atoms with Crippen molar-refractivity contribution in [2.24, 2.45) is 0 Å². The molecule has 0 aliphatic carbocycles. The van der Waals surface area contributed by atoms with Crippen LogP contribution in [0.5, 0.6) is 0 Å². The monoisotopic (exact) mass is 505 g/mol. The zero-order valence-electron chi connectivity index (χ0n) is 16.9. The lowest BCUT2D eigenvalue weighted by atomic mass is 10.3. The summed E-state index contributed by atoms with van der Waals surface area (Å²) in [4.78, 5) is 24.3. The molecule has 0 unspecified atom stereocenters. The van der Waals surface area contributed by atoms with Gasteiger partial charge in [0.25, 0.3) is 10.0 Å². The summed E-state index contributed by atoms with van der Waals surface area (Å²) in [6.07, 6.45) is 0.0301. The normalized spacial score (nSPS) is 11.5. The number of amides is 1. The number of carbonyl (C=O) groups is 1. The number of halogens is 2. The van der Waals surface area contributed by atoms with Crippen molar-refractivity contribution in [3.63, 3.8) is 0 Å². The third-order valence-corrected chi connectivity index (χ3v) is 6.89. The van der Waals surface area contributed by atoms with Crippen LogP contribution in [-0.4, -0.2) is 18.9 Å². The first-order chi connectivity index (χ1) is 15.7. The van der Waals surface area contributed by atoms with Crippen LogP contribution in [0.25, 0.3) is 11.1 Å². The second-order valence-corrected chi connectivity index (χ2v) is 9.54. The summed E-state index contributed by atoms with van der Waals surface area (Å²) in [5.74, 6) is -0.871. The van der Waals surface area contributed by atoms with Gasteiger partial charge in [0.15, 0.2) is 5.58 Å². The second kappa shape index (κ2) is 9.30. The standard InChI is InChI=1S/C22H17Cl2N3O5S/c23-17-10-7-15(13-18(17)24)26-33(30,31)16-8-5-14(6-9-16)25-21(28)11-12-27-19-3-1-2-4-20(19)32-22(27)29/h1-10,13,26H,11-12H2,(H,25,28). The van der Waals surface area contributed by atoms with Crippen LogP contribution in [0.15, 0.2) is 80.8 Å². The van der Waals surface area contributed by atoms with E-state index in [1.54, 1.807) is 24.3 Å². The molecule has 0 radical (unpaired) electrons. The molecule has 0 atom stereocenters. The Morgan fingerprint density at radius 2 is 1.64 bits per heavy atom. The van der Waals surface area contributed by atoms with Crippen molar-refractivity contribution in [1.29, 1.82) is 0 Å². The summed E-state index contributed by atoms with van der Waals surface area (Å²) in [5, 5.41) is 3.22. The molecule has 1 amide bonds. The maximum absolute atomic E-state index is 12.6. The van der Waals surface area contributed by atoms with Gasteiger partial charge in [0, 0.05) is 18.7 Å². The van der Waals surface area contributed by atoms with Crippen molar-refractivity contribution in [1.82, 2.24) is 4.57 Å². The topological polar surface area (TPSA) is 110 Å². The molecular weight excluding hydrogens is 489 g/mol. The molecule has 4 rings (SSSR count). The Morgan fingerprint density at radius 1 is 0.939 bits per heavy atom. The Hall–Kier alpha value is -3.27. The van der Waals surface area contributed by atoms with E-state index in [1.807, 2.05) is 0 Å². The van der Waals surface area contributed by atoms with E-state index in [0.717, 1.165) is 0 Å². The van der Waals surface area contributed by atoms with Gasteiger partial charge in [-0.3, -0.25) is 14.1 Å². The lowest BCUT2D eigenvalue weighted by molar-refractivity contribution is -0.116. The predicted octanol–water partition coefficient (Wildman–Crippen LogP) is 4.73. The van der Waals surface area contributed by atoms with Crippen molar-refractivity contribution >= 4 is 61.6 Å². The Morgan fingerprint density at radius 3 is 2.36 bits per heavy atom. The predicted molar refractivity (Wildman–Crippen MR) is 127 cm³/mol. The number of oxazole rings is 1. The summed E-state index contributed by atoms with van der Waals surface area (Å²) in [6.45, 7) is 0.141. The minimum Gasteiger partial charge on any atom is -0.408 e. The van der Waals surface area contributed by atoms with Crippen molar-refractivity contribution in [2.75, 3.05) is 10.0 Å². The summed E-state index contributed by atoms with van der Waals surface area (Å²) >= 11 is 11.8. The quantitative estimate of drug-likeness (QED) is 0.377. The number of benzene rings is 3. The Labute approximate surface area is 198 Å². The van der Waals surface area contributed by atoms with Crippen molar-refractivity contribution in [3.8, 4) is 0 Å². The second-order valence-electron chi connectivity index (χ2n) is 7.04. The fraction of sp³-hybridized carbons (Fsp3) is 0.0909. The molecule has 4 aromatic rings. The highest BCUT2D eigenvalue weighted by Gasteiger charge is 2.15. The number of nitrogens with one attached hydrogen (secondary N) is 2. The average Bonchev–Trinajstić information content (AvgIpc) is 3.10. The lowest BCUT2D eigenvalue weighted by Gasteiger charge is -2.10. The van der Waals surface area contributed by atoms with Crippen LogP contribution in [0.3, 0.4) is 0 Å². The van der Waals surface area contributed by atoms with Gasteiger partial charge >= 0.3 is 5.76 Å². The third kappa shape index (κ3) is 5.22. The fourth-order valence-corrected chi connectivity index (χ4v) is 4.50. The molecule has 0 spiro atoms. The lowest BCUT2D eigenvalue weighted by Crippen LogP contribution is -2.20. The molecule has 0 saturated heterocycles. The van der Waals surface area contributed by atoms with Crippen molar-refractivity contribution in [3.05, 3.63) is 87.3 Å². The van der Waals surface area contributed by atoms with Gasteiger partial charge in [0.05, 0.1) is 26.1 Å². The highest BCUT2D eigenvalue weighted by atomic mass is 35.5. The minimum absolute atomic E-state index is 0.00277. The number of aromatic nitrogens is 1. The van der Waals surface area contributed by atoms with Crippen molar-refractivity contribution in [2.45, 2.75) is 17.9 Å². The molecule has 11 heteroatoms. The molecule has 3 aromatic carbocycles. The van der Waals surface area contributed by atoms with Crippen molar-refractivity contribution < 1.29 is 17.6 Å². The maximum Gasteiger partial charge on any atom is 0.419 e. The molecule has 0 bridgehead atoms. The van der Waals surface area contributed by atoms with Crippen LogP contribution in [0.1, 0.15) is 6.42 Å². The number of anilines is 2. The maximum atomic E-state index is 12.6. The SMILES string of the molecule is O=C(CCn1c(=O)oc2ccccc21)Nc1ccc(S(=O)(=O)Nc2ccc(Cl)c(Cl)c2)cc1. The van der Waals surface area contributed by atoms with Gasteiger partial charge in [-0.15, -0.1) is 0 Å². The Balaban J connectivity index is 1.39. The molecule has 2 N–H and O–H groups in total. The number of fused-ring (bicyclic) bond motifs is 1. The van der Waals surface area contributed by atoms with E-state index in [2.05, 4.69) is 10.0 Å². The minimum atomic E-state index is -3.87. The number of sulfonamides is 1. The molecule has 0 fully saturated rings.